The van der Waals surface area contributed by atoms with Crippen LogP contribution in [0, 0.1) is 11.6 Å². The molecule has 1 heterocycles. The fourth-order valence-electron chi connectivity index (χ4n) is 1.33. The molecule has 0 radical (unpaired) electrons. The van der Waals surface area contributed by atoms with Crippen LogP contribution >= 0.6 is 0 Å². The quantitative estimate of drug-likeness (QED) is 0.832. The number of rotatable bonds is 2. The topological polar surface area (TPSA) is 60.9 Å². The second-order valence-corrected chi connectivity index (χ2v) is 3.09. The molecule has 16 heavy (non-hydrogen) atoms. The molecule has 82 valence electrons. The number of benzene rings is 1. The fourth-order valence-corrected chi connectivity index (χ4v) is 1.33. The maximum absolute atomic E-state index is 13.4. The molecule has 4 nitrogen and oxygen atoms in total. The Hall–Kier alpha value is -2.24. The number of carbonyl (C=O) groups is 1. The Labute approximate surface area is 89.3 Å². The summed E-state index contributed by atoms with van der Waals surface area (Å²) in [6.45, 7) is 0. The number of amides is 1. The molecule has 0 unspecified atom stereocenters. The van der Waals surface area contributed by atoms with Gasteiger partial charge in [0.2, 0.25) is 0 Å². The number of hydrogen-bond donors (Lipinski definition) is 1. The molecule has 2 N–H and O–H groups in total. The Morgan fingerprint density at radius 2 is 2.06 bits per heavy atom. The summed E-state index contributed by atoms with van der Waals surface area (Å²) in [4.78, 5) is 11.0. The molecule has 1 amide bonds. The number of primary amides is 1. The zero-order chi connectivity index (χ0) is 11.7. The van der Waals surface area contributed by atoms with E-state index in [1.165, 1.54) is 18.3 Å². The average Bonchev–Trinajstić information content (AvgIpc) is 2.66. The van der Waals surface area contributed by atoms with Crippen LogP contribution < -0.4 is 5.73 Å². The highest BCUT2D eigenvalue weighted by molar-refractivity contribution is 5.91. The second kappa shape index (κ2) is 3.73. The maximum Gasteiger partial charge on any atom is 0.267 e. The molecule has 1 aromatic carbocycles. The SMILES string of the molecule is NC(=O)c1ccnn1-c1ccc(F)cc1F. The summed E-state index contributed by atoms with van der Waals surface area (Å²) in [5.41, 5.74) is 5.09. The molecule has 6 heteroatoms. The molecule has 1 aromatic heterocycles. The molecule has 0 saturated heterocycles. The highest BCUT2D eigenvalue weighted by atomic mass is 19.1. The van der Waals surface area contributed by atoms with Crippen molar-refractivity contribution in [1.82, 2.24) is 9.78 Å². The van der Waals surface area contributed by atoms with Gasteiger partial charge in [0.15, 0.2) is 5.82 Å². The van der Waals surface area contributed by atoms with Gasteiger partial charge in [-0.25, -0.2) is 13.5 Å². The summed E-state index contributed by atoms with van der Waals surface area (Å²) in [6, 6.07) is 4.32. The van der Waals surface area contributed by atoms with E-state index in [1.807, 2.05) is 0 Å². The van der Waals surface area contributed by atoms with Crippen molar-refractivity contribution in [2.24, 2.45) is 5.73 Å². The lowest BCUT2D eigenvalue weighted by Gasteiger charge is -2.05. The van der Waals surface area contributed by atoms with Crippen molar-refractivity contribution < 1.29 is 13.6 Å². The van der Waals surface area contributed by atoms with Crippen molar-refractivity contribution in [3.8, 4) is 5.69 Å². The molecule has 2 rings (SSSR count). The summed E-state index contributed by atoms with van der Waals surface area (Å²) in [7, 11) is 0. The van der Waals surface area contributed by atoms with Gasteiger partial charge < -0.3 is 5.73 Å². The van der Waals surface area contributed by atoms with Crippen molar-refractivity contribution in [2.75, 3.05) is 0 Å². The Morgan fingerprint density at radius 3 is 2.69 bits per heavy atom. The lowest BCUT2D eigenvalue weighted by Crippen LogP contribution is -2.17. The smallest absolute Gasteiger partial charge is 0.267 e. The first-order valence-electron chi connectivity index (χ1n) is 4.39. The number of nitrogens with two attached hydrogens (primary N) is 1. The minimum atomic E-state index is -0.814. The van der Waals surface area contributed by atoms with Crippen molar-refractivity contribution >= 4 is 5.91 Å². The van der Waals surface area contributed by atoms with E-state index in [-0.39, 0.29) is 11.4 Å². The number of aromatic nitrogens is 2. The third kappa shape index (κ3) is 1.65. The van der Waals surface area contributed by atoms with Gasteiger partial charge in [-0.05, 0) is 18.2 Å². The summed E-state index contributed by atoms with van der Waals surface area (Å²) in [5.74, 6) is -2.25. The summed E-state index contributed by atoms with van der Waals surface area (Å²) in [6.07, 6.45) is 1.31. The zero-order valence-corrected chi connectivity index (χ0v) is 8.02. The van der Waals surface area contributed by atoms with Crippen LogP contribution in [-0.2, 0) is 0 Å². The van der Waals surface area contributed by atoms with Gasteiger partial charge in [0.1, 0.15) is 17.2 Å². The molecule has 0 fully saturated rings. The molecule has 0 atom stereocenters. The van der Waals surface area contributed by atoms with E-state index in [1.54, 1.807) is 0 Å². The van der Waals surface area contributed by atoms with Crippen molar-refractivity contribution in [2.45, 2.75) is 0 Å². The van der Waals surface area contributed by atoms with E-state index in [4.69, 9.17) is 5.73 Å². The van der Waals surface area contributed by atoms with E-state index in [0.717, 1.165) is 10.7 Å². The van der Waals surface area contributed by atoms with Crippen LogP contribution in [0.25, 0.3) is 5.69 Å². The molecular formula is C10H7F2N3O. The number of carbonyl (C=O) groups excluding carboxylic acids is 1. The van der Waals surface area contributed by atoms with Gasteiger partial charge in [0, 0.05) is 6.07 Å². The normalized spacial score (nSPS) is 10.4. The van der Waals surface area contributed by atoms with Crippen molar-refractivity contribution in [1.29, 1.82) is 0 Å². The monoisotopic (exact) mass is 223 g/mol. The molecule has 0 aliphatic carbocycles. The highest BCUT2D eigenvalue weighted by Gasteiger charge is 2.13. The minimum absolute atomic E-state index is 0.0276. The lowest BCUT2D eigenvalue weighted by atomic mass is 10.3. The first kappa shape index (κ1) is 10.3. The van der Waals surface area contributed by atoms with E-state index >= 15 is 0 Å². The Morgan fingerprint density at radius 1 is 1.31 bits per heavy atom. The zero-order valence-electron chi connectivity index (χ0n) is 8.02. The van der Waals surface area contributed by atoms with E-state index in [2.05, 4.69) is 5.10 Å². The standard InChI is InChI=1S/C10H7F2N3O/c11-6-1-2-8(7(12)5-6)15-9(10(13)16)3-4-14-15/h1-5H,(H2,13,16). The number of hydrogen-bond acceptors (Lipinski definition) is 2. The lowest BCUT2D eigenvalue weighted by molar-refractivity contribution is 0.0993. The van der Waals surface area contributed by atoms with Crippen LogP contribution in [0.15, 0.2) is 30.5 Å². The van der Waals surface area contributed by atoms with Crippen LogP contribution in [0.2, 0.25) is 0 Å². The molecule has 0 aliphatic heterocycles. The van der Waals surface area contributed by atoms with Gasteiger partial charge in [0.05, 0.1) is 6.20 Å². The highest BCUT2D eigenvalue weighted by Crippen LogP contribution is 2.15. The van der Waals surface area contributed by atoms with Gasteiger partial charge in [-0.2, -0.15) is 5.10 Å². The number of halogens is 2. The number of nitrogens with zero attached hydrogens (tertiary/aromatic N) is 2. The Balaban J connectivity index is 2.59. The van der Waals surface area contributed by atoms with Crippen LogP contribution in [0.1, 0.15) is 10.5 Å². The summed E-state index contributed by atoms with van der Waals surface area (Å²) in [5, 5.41) is 3.75. The molecule has 2 aromatic rings. The van der Waals surface area contributed by atoms with Crippen LogP contribution in [-0.4, -0.2) is 15.7 Å². The third-order valence-corrected chi connectivity index (χ3v) is 2.03. The van der Waals surface area contributed by atoms with Crippen molar-refractivity contribution in [3.63, 3.8) is 0 Å². The first-order chi connectivity index (χ1) is 7.59. The van der Waals surface area contributed by atoms with Crippen LogP contribution in [0.4, 0.5) is 8.78 Å². The average molecular weight is 223 g/mol. The molecule has 0 spiro atoms. The van der Waals surface area contributed by atoms with E-state index in [0.29, 0.717) is 6.07 Å². The predicted octanol–water partition coefficient (Wildman–Crippen LogP) is 1.25. The maximum atomic E-state index is 13.4. The minimum Gasteiger partial charge on any atom is -0.364 e. The largest absolute Gasteiger partial charge is 0.364 e. The summed E-state index contributed by atoms with van der Waals surface area (Å²) >= 11 is 0. The van der Waals surface area contributed by atoms with Crippen LogP contribution in [0.5, 0.6) is 0 Å². The Kier molecular flexibility index (Phi) is 2.40. The van der Waals surface area contributed by atoms with Gasteiger partial charge in [0.25, 0.3) is 5.91 Å². The van der Waals surface area contributed by atoms with E-state index < -0.39 is 17.5 Å². The van der Waals surface area contributed by atoms with Crippen LogP contribution in [0.3, 0.4) is 0 Å². The first-order valence-corrected chi connectivity index (χ1v) is 4.39. The van der Waals surface area contributed by atoms with Gasteiger partial charge in [-0.1, -0.05) is 0 Å². The molecule has 0 bridgehead atoms. The van der Waals surface area contributed by atoms with Crippen molar-refractivity contribution in [3.05, 3.63) is 47.8 Å². The Bertz CT molecular complexity index is 551. The molecule has 0 aliphatic rings. The van der Waals surface area contributed by atoms with Gasteiger partial charge >= 0.3 is 0 Å². The van der Waals surface area contributed by atoms with Gasteiger partial charge in [-0.3, -0.25) is 4.79 Å². The molecule has 0 saturated carbocycles. The predicted molar refractivity (Wildman–Crippen MR) is 52.0 cm³/mol. The summed E-state index contributed by atoms with van der Waals surface area (Å²) < 4.78 is 27.1. The van der Waals surface area contributed by atoms with E-state index in [9.17, 15) is 13.6 Å². The third-order valence-electron chi connectivity index (χ3n) is 2.03. The second-order valence-electron chi connectivity index (χ2n) is 3.09. The van der Waals surface area contributed by atoms with Gasteiger partial charge in [-0.15, -0.1) is 0 Å². The fraction of sp³-hybridized carbons (Fsp3) is 0. The molecular weight excluding hydrogens is 216 g/mol.